The van der Waals surface area contributed by atoms with Crippen LogP contribution in [0.1, 0.15) is 62.6 Å². The molecule has 2 aromatic rings. The first-order valence-corrected chi connectivity index (χ1v) is 14.3. The molecule has 0 unspecified atom stereocenters. The largest absolute Gasteiger partial charge is 0.444 e. The van der Waals surface area contributed by atoms with Gasteiger partial charge in [0.25, 0.3) is 0 Å². The van der Waals surface area contributed by atoms with Gasteiger partial charge >= 0.3 is 6.09 Å². The van der Waals surface area contributed by atoms with Crippen molar-refractivity contribution in [2.45, 2.75) is 58.5 Å². The number of nitrogens with zero attached hydrogens (tertiary/aromatic N) is 4. The van der Waals surface area contributed by atoms with Crippen LogP contribution >= 0.6 is 11.3 Å². The van der Waals surface area contributed by atoms with Crippen LogP contribution in [-0.2, 0) is 20.7 Å². The average Bonchev–Trinajstić information content (AvgIpc) is 3.41. The van der Waals surface area contributed by atoms with Gasteiger partial charge in [-0.05, 0) is 82.2 Å². The van der Waals surface area contributed by atoms with Crippen LogP contribution < -0.4 is 5.32 Å². The number of anilines is 1. The Morgan fingerprint density at radius 2 is 1.85 bits per heavy atom. The highest BCUT2D eigenvalue weighted by molar-refractivity contribution is 7.10. The number of carbonyl (C=O) groups excluding carboxylic acids is 3. The van der Waals surface area contributed by atoms with E-state index in [0.717, 1.165) is 29.0 Å². The van der Waals surface area contributed by atoms with Gasteiger partial charge in [-0.15, -0.1) is 11.3 Å². The first-order valence-electron chi connectivity index (χ1n) is 13.4. The third-order valence-electron chi connectivity index (χ3n) is 7.52. The van der Waals surface area contributed by atoms with Crippen LogP contribution in [-0.4, -0.2) is 69.5 Å². The lowest BCUT2D eigenvalue weighted by Gasteiger charge is -2.43. The molecule has 0 aromatic carbocycles. The summed E-state index contributed by atoms with van der Waals surface area (Å²) in [7, 11) is 0. The maximum Gasteiger partial charge on any atom is 0.410 e. The lowest BCUT2D eigenvalue weighted by Crippen LogP contribution is -2.51. The van der Waals surface area contributed by atoms with Crippen molar-refractivity contribution >= 4 is 47.2 Å². The lowest BCUT2D eigenvalue weighted by molar-refractivity contribution is -0.129. The van der Waals surface area contributed by atoms with Crippen molar-refractivity contribution in [2.24, 2.45) is 5.41 Å². The summed E-state index contributed by atoms with van der Waals surface area (Å²) in [5.41, 5.74) is 1.96. The Bertz CT molecular complexity index is 1290. The number of piperidine rings is 2. The Balaban J connectivity index is 1.19. The molecular weight excluding hydrogens is 514 g/mol. The number of likely N-dealkylation sites (tertiary alicyclic amines) is 2. The second kappa shape index (κ2) is 10.9. The molecule has 1 spiro atoms. The van der Waals surface area contributed by atoms with Crippen LogP contribution in [0.5, 0.6) is 0 Å². The minimum absolute atomic E-state index is 0.0136. The first kappa shape index (κ1) is 27.1. The summed E-state index contributed by atoms with van der Waals surface area (Å²) in [5.74, 6) is 0.512. The van der Waals surface area contributed by atoms with Gasteiger partial charge in [0.15, 0.2) is 0 Å². The van der Waals surface area contributed by atoms with Crippen molar-refractivity contribution in [3.63, 3.8) is 0 Å². The summed E-state index contributed by atoms with van der Waals surface area (Å²) in [6, 6.07) is 2.00. The zero-order valence-corrected chi connectivity index (χ0v) is 23.6. The van der Waals surface area contributed by atoms with E-state index in [2.05, 4.69) is 21.4 Å². The number of carbonyl (C=O) groups is 3. The molecule has 2 aromatic heterocycles. The van der Waals surface area contributed by atoms with Crippen LogP contribution in [0.25, 0.3) is 12.2 Å². The van der Waals surface area contributed by atoms with Gasteiger partial charge in [0.05, 0.1) is 5.41 Å². The Labute approximate surface area is 233 Å². The molecule has 1 N–H and O–H groups in total. The Morgan fingerprint density at radius 3 is 2.51 bits per heavy atom. The Hall–Kier alpha value is -3.53. The zero-order valence-electron chi connectivity index (χ0n) is 22.7. The highest BCUT2D eigenvalue weighted by atomic mass is 32.1. The van der Waals surface area contributed by atoms with Gasteiger partial charge < -0.3 is 19.9 Å². The first-order chi connectivity index (χ1) is 18.6. The molecule has 3 aliphatic heterocycles. The van der Waals surface area contributed by atoms with Gasteiger partial charge in [0.2, 0.25) is 11.8 Å². The maximum atomic E-state index is 13.1. The summed E-state index contributed by atoms with van der Waals surface area (Å²) >= 11 is 1.62. The average molecular weight is 550 g/mol. The quantitative estimate of drug-likeness (QED) is 0.553. The number of fused-ring (bicyclic) bond motifs is 1. The molecule has 0 bridgehead atoms. The maximum absolute atomic E-state index is 13.1. The number of aromatic nitrogens is 2. The van der Waals surface area contributed by atoms with E-state index in [0.29, 0.717) is 51.3 Å². The van der Waals surface area contributed by atoms with Crippen LogP contribution in [0.3, 0.4) is 0 Å². The number of hydrogen-bond acceptors (Lipinski definition) is 7. The molecule has 0 radical (unpaired) electrons. The molecule has 0 saturated carbocycles. The number of rotatable bonds is 3. The normalized spacial score (nSPS) is 19.2. The molecule has 5 rings (SSSR count). The third-order valence-corrected chi connectivity index (χ3v) is 8.24. The van der Waals surface area contributed by atoms with Crippen molar-refractivity contribution in [1.29, 1.82) is 0 Å². The molecule has 206 valence electrons. The zero-order chi connectivity index (χ0) is 27.6. The standard InChI is InChI=1S/C29H35N5O4S/c1-28(2,3)38-27(37)34-13-8-29(9-14-34)18-22-16-21(19-31-25(22)32-26(29)36)4-5-24(35)33-11-6-20(7-12-33)17-23-30-10-15-39-23/h4-5,10,15-17,19H,6-9,11-14,18H2,1-3H3,(H,31,32,36)/b5-4+. The Morgan fingerprint density at radius 1 is 1.10 bits per heavy atom. The number of thiazole rings is 1. The van der Waals surface area contributed by atoms with Crippen LogP contribution in [0.4, 0.5) is 10.6 Å². The third kappa shape index (κ3) is 6.38. The van der Waals surface area contributed by atoms with E-state index >= 15 is 0 Å². The monoisotopic (exact) mass is 549 g/mol. The molecular formula is C29H35N5O4S. The van der Waals surface area contributed by atoms with Gasteiger partial charge in [-0.3, -0.25) is 9.59 Å². The Kier molecular flexibility index (Phi) is 7.57. The number of hydrogen-bond donors (Lipinski definition) is 1. The van der Waals surface area contributed by atoms with E-state index < -0.39 is 11.0 Å². The van der Waals surface area contributed by atoms with Crippen LogP contribution in [0, 0.1) is 5.41 Å². The number of pyridine rings is 1. The molecule has 3 amide bonds. The molecule has 2 saturated heterocycles. The minimum atomic E-state index is -0.580. The van der Waals surface area contributed by atoms with Gasteiger partial charge in [-0.25, -0.2) is 14.8 Å². The van der Waals surface area contributed by atoms with Crippen LogP contribution in [0.2, 0.25) is 0 Å². The molecule has 10 heteroatoms. The van der Waals surface area contributed by atoms with E-state index in [-0.39, 0.29) is 17.9 Å². The summed E-state index contributed by atoms with van der Waals surface area (Å²) < 4.78 is 5.50. The van der Waals surface area contributed by atoms with Crippen molar-refractivity contribution in [3.8, 4) is 0 Å². The number of ether oxygens (including phenoxy) is 1. The summed E-state index contributed by atoms with van der Waals surface area (Å²) in [4.78, 5) is 50.7. The number of amides is 3. The molecule has 0 aliphatic carbocycles. The smallest absolute Gasteiger partial charge is 0.410 e. The number of nitrogens with one attached hydrogen (secondary N) is 1. The molecule has 0 atom stereocenters. The molecule has 9 nitrogen and oxygen atoms in total. The second-order valence-corrected chi connectivity index (χ2v) is 12.4. The highest BCUT2D eigenvalue weighted by Crippen LogP contribution is 2.41. The highest BCUT2D eigenvalue weighted by Gasteiger charge is 2.46. The summed E-state index contributed by atoms with van der Waals surface area (Å²) in [6.45, 7) is 7.86. The molecule has 5 heterocycles. The van der Waals surface area contributed by atoms with Crippen molar-refractivity contribution in [1.82, 2.24) is 19.8 Å². The minimum Gasteiger partial charge on any atom is -0.444 e. The van der Waals surface area contributed by atoms with E-state index in [1.807, 2.05) is 37.1 Å². The topological polar surface area (TPSA) is 105 Å². The van der Waals surface area contributed by atoms with Crippen molar-refractivity contribution < 1.29 is 19.1 Å². The van der Waals surface area contributed by atoms with Gasteiger partial charge in [0, 0.05) is 50.0 Å². The second-order valence-electron chi connectivity index (χ2n) is 11.5. The molecule has 39 heavy (non-hydrogen) atoms. The van der Waals surface area contributed by atoms with Crippen LogP contribution in [0.15, 0.2) is 35.5 Å². The predicted molar refractivity (Wildman–Crippen MR) is 151 cm³/mol. The van der Waals surface area contributed by atoms with Gasteiger partial charge in [-0.1, -0.05) is 5.57 Å². The summed E-state index contributed by atoms with van der Waals surface area (Å²) in [6.07, 6.45) is 12.1. The predicted octanol–water partition coefficient (Wildman–Crippen LogP) is 4.77. The lowest BCUT2D eigenvalue weighted by atomic mass is 9.71. The molecule has 2 fully saturated rings. The van der Waals surface area contributed by atoms with E-state index in [1.165, 1.54) is 5.57 Å². The van der Waals surface area contributed by atoms with E-state index in [9.17, 15) is 14.4 Å². The van der Waals surface area contributed by atoms with E-state index in [4.69, 9.17) is 4.74 Å². The fourth-order valence-corrected chi connectivity index (χ4v) is 5.93. The summed E-state index contributed by atoms with van der Waals surface area (Å²) in [5, 5.41) is 5.95. The SMILES string of the molecule is CC(C)(C)OC(=O)N1CCC2(CC1)Cc1cc(/C=C/C(=O)N3CCC(=Cc4nccs4)CC3)cnc1NC2=O. The fraction of sp³-hybridized carbons (Fsp3) is 0.483. The fourth-order valence-electron chi connectivity index (χ4n) is 5.31. The molecule has 3 aliphatic rings. The van der Waals surface area contributed by atoms with Gasteiger partial charge in [-0.2, -0.15) is 0 Å². The van der Waals surface area contributed by atoms with E-state index in [1.54, 1.807) is 40.8 Å². The van der Waals surface area contributed by atoms with Crippen molar-refractivity contribution in [2.75, 3.05) is 31.5 Å². The van der Waals surface area contributed by atoms with Crippen molar-refractivity contribution in [3.05, 3.63) is 51.6 Å². The van der Waals surface area contributed by atoms with Gasteiger partial charge in [0.1, 0.15) is 16.4 Å².